The summed E-state index contributed by atoms with van der Waals surface area (Å²) in [6, 6.07) is 0. The Balaban J connectivity index is 0. The number of rotatable bonds is 0. The molecule has 0 spiro atoms. The van der Waals surface area contributed by atoms with Crippen LogP contribution < -0.4 is 6.15 Å². The fraction of sp³-hybridized carbons (Fsp3) is 1.00. The molecule has 0 saturated carbocycles. The molecule has 0 amide bonds. The molecule has 1 aliphatic heterocycles. The van der Waals surface area contributed by atoms with E-state index in [9.17, 15) is 0 Å². The average Bonchev–Trinajstić information content (AvgIpc) is 1.77. The standard InChI is InChI=1S/C6H12ClN.H3N.H2O/c1-8-4-2-6(7)3-5-8;;/h6H,2-5H2,1H3;1H3;1H2. The molecule has 1 heterocycles. The van der Waals surface area contributed by atoms with Crippen LogP contribution in [-0.2, 0) is 0 Å². The van der Waals surface area contributed by atoms with E-state index < -0.39 is 0 Å². The summed E-state index contributed by atoms with van der Waals surface area (Å²) in [5.41, 5.74) is 0. The van der Waals surface area contributed by atoms with E-state index in [1.165, 1.54) is 13.1 Å². The molecule has 0 aliphatic carbocycles. The molecule has 1 saturated heterocycles. The van der Waals surface area contributed by atoms with E-state index in [1.807, 2.05) is 0 Å². The van der Waals surface area contributed by atoms with Crippen molar-refractivity contribution >= 4 is 11.6 Å². The first-order valence-corrected chi connectivity index (χ1v) is 3.55. The highest BCUT2D eigenvalue weighted by molar-refractivity contribution is 6.20. The van der Waals surface area contributed by atoms with Gasteiger partial charge >= 0.3 is 0 Å². The van der Waals surface area contributed by atoms with Gasteiger partial charge in [0.15, 0.2) is 0 Å². The molecule has 1 rings (SSSR count). The maximum absolute atomic E-state index is 5.86. The van der Waals surface area contributed by atoms with Crippen LogP contribution in [0.2, 0.25) is 0 Å². The van der Waals surface area contributed by atoms with Crippen molar-refractivity contribution in [3.8, 4) is 0 Å². The molecule has 4 heteroatoms. The van der Waals surface area contributed by atoms with E-state index in [4.69, 9.17) is 11.6 Å². The molecule has 5 N–H and O–H groups in total. The molecule has 0 unspecified atom stereocenters. The van der Waals surface area contributed by atoms with Gasteiger partial charge in [0.05, 0.1) is 0 Å². The van der Waals surface area contributed by atoms with Crippen molar-refractivity contribution in [2.24, 2.45) is 0 Å². The lowest BCUT2D eigenvalue weighted by Gasteiger charge is -2.24. The first kappa shape index (κ1) is 12.8. The Labute approximate surface area is 67.2 Å². The van der Waals surface area contributed by atoms with Gasteiger partial charge < -0.3 is 16.5 Å². The zero-order chi connectivity index (χ0) is 5.98. The first-order chi connectivity index (χ1) is 3.79. The van der Waals surface area contributed by atoms with Crippen molar-refractivity contribution in [2.75, 3.05) is 20.1 Å². The van der Waals surface area contributed by atoms with Gasteiger partial charge in [0.2, 0.25) is 0 Å². The van der Waals surface area contributed by atoms with Crippen molar-refractivity contribution in [2.45, 2.75) is 18.2 Å². The Bertz CT molecular complexity index is 64.1. The topological polar surface area (TPSA) is 69.7 Å². The monoisotopic (exact) mass is 168 g/mol. The van der Waals surface area contributed by atoms with Crippen LogP contribution in [0.3, 0.4) is 0 Å². The van der Waals surface area contributed by atoms with Gasteiger partial charge in [-0.2, -0.15) is 0 Å². The summed E-state index contributed by atoms with van der Waals surface area (Å²) in [4.78, 5) is 2.32. The second kappa shape index (κ2) is 5.92. The third kappa shape index (κ3) is 4.06. The van der Waals surface area contributed by atoms with Gasteiger partial charge in [0.1, 0.15) is 0 Å². The predicted octanol–water partition coefficient (Wildman–Crippen LogP) is 0.657. The molecule has 3 nitrogen and oxygen atoms in total. The molecule has 0 aromatic rings. The summed E-state index contributed by atoms with van der Waals surface area (Å²) in [7, 11) is 2.14. The van der Waals surface area contributed by atoms with Crippen LogP contribution in [0.25, 0.3) is 0 Å². The second-order valence-electron chi connectivity index (χ2n) is 2.48. The molecule has 1 fully saturated rings. The quantitative estimate of drug-likeness (QED) is 0.540. The van der Waals surface area contributed by atoms with Crippen molar-refractivity contribution in [3.63, 3.8) is 0 Å². The molecule has 0 aromatic heterocycles. The lowest BCUT2D eigenvalue weighted by Crippen LogP contribution is -2.30. The summed E-state index contributed by atoms with van der Waals surface area (Å²) >= 11 is 5.86. The van der Waals surface area contributed by atoms with Crippen molar-refractivity contribution < 1.29 is 5.48 Å². The van der Waals surface area contributed by atoms with Gasteiger partial charge in [0.25, 0.3) is 0 Å². The Kier molecular flexibility index (Phi) is 7.58. The highest BCUT2D eigenvalue weighted by Gasteiger charge is 2.12. The first-order valence-electron chi connectivity index (χ1n) is 3.11. The van der Waals surface area contributed by atoms with Crippen molar-refractivity contribution in [1.29, 1.82) is 0 Å². The summed E-state index contributed by atoms with van der Waals surface area (Å²) in [6.07, 6.45) is 2.33. The van der Waals surface area contributed by atoms with E-state index in [1.54, 1.807) is 0 Å². The van der Waals surface area contributed by atoms with Crippen LogP contribution in [0.15, 0.2) is 0 Å². The minimum atomic E-state index is 0. The summed E-state index contributed by atoms with van der Waals surface area (Å²) in [5.74, 6) is 0. The average molecular weight is 169 g/mol. The number of likely N-dealkylation sites (tertiary alicyclic amines) is 1. The molecule has 64 valence electrons. The van der Waals surface area contributed by atoms with E-state index in [0.29, 0.717) is 5.38 Å². The largest absolute Gasteiger partial charge is 0.412 e. The Morgan fingerprint density at radius 1 is 1.30 bits per heavy atom. The number of hydrogen-bond donors (Lipinski definition) is 1. The summed E-state index contributed by atoms with van der Waals surface area (Å²) in [5, 5.41) is 0.450. The van der Waals surface area contributed by atoms with Crippen LogP contribution in [0.4, 0.5) is 0 Å². The molecular weight excluding hydrogens is 152 g/mol. The van der Waals surface area contributed by atoms with Crippen molar-refractivity contribution in [3.05, 3.63) is 0 Å². The third-order valence-corrected chi connectivity index (χ3v) is 2.08. The Morgan fingerprint density at radius 2 is 1.70 bits per heavy atom. The summed E-state index contributed by atoms with van der Waals surface area (Å²) in [6.45, 7) is 2.35. The van der Waals surface area contributed by atoms with Gasteiger partial charge in [-0.15, -0.1) is 11.6 Å². The number of alkyl halides is 1. The van der Waals surface area contributed by atoms with Crippen LogP contribution in [-0.4, -0.2) is 35.9 Å². The van der Waals surface area contributed by atoms with Crippen LogP contribution in [0, 0.1) is 0 Å². The second-order valence-corrected chi connectivity index (χ2v) is 3.10. The Morgan fingerprint density at radius 3 is 2.00 bits per heavy atom. The number of nitrogens with zero attached hydrogens (tertiary/aromatic N) is 1. The highest BCUT2D eigenvalue weighted by atomic mass is 35.5. The lowest BCUT2D eigenvalue weighted by atomic mass is 10.1. The lowest BCUT2D eigenvalue weighted by molar-refractivity contribution is 0.280. The molecule has 0 aromatic carbocycles. The highest BCUT2D eigenvalue weighted by Crippen LogP contribution is 2.13. The van der Waals surface area contributed by atoms with E-state index in [0.717, 1.165) is 12.8 Å². The van der Waals surface area contributed by atoms with Gasteiger partial charge in [-0.1, -0.05) is 0 Å². The third-order valence-electron chi connectivity index (χ3n) is 1.65. The van der Waals surface area contributed by atoms with Gasteiger partial charge in [-0.3, -0.25) is 0 Å². The number of piperidine rings is 1. The van der Waals surface area contributed by atoms with E-state index >= 15 is 0 Å². The summed E-state index contributed by atoms with van der Waals surface area (Å²) < 4.78 is 0. The predicted molar refractivity (Wildman–Crippen MR) is 45.0 cm³/mol. The maximum Gasteiger partial charge on any atom is 0.0360 e. The van der Waals surface area contributed by atoms with Gasteiger partial charge in [0, 0.05) is 5.38 Å². The zero-order valence-corrected chi connectivity index (χ0v) is 7.19. The van der Waals surface area contributed by atoms with E-state index in [-0.39, 0.29) is 11.6 Å². The molecule has 0 atom stereocenters. The normalized spacial score (nSPS) is 21.0. The van der Waals surface area contributed by atoms with Crippen LogP contribution >= 0.6 is 11.6 Å². The van der Waals surface area contributed by atoms with Crippen molar-refractivity contribution in [1.82, 2.24) is 11.1 Å². The molecular formula is C6H17ClN2O. The molecule has 1 aliphatic rings. The number of halogens is 1. The zero-order valence-electron chi connectivity index (χ0n) is 6.44. The fourth-order valence-electron chi connectivity index (χ4n) is 0.977. The van der Waals surface area contributed by atoms with Gasteiger partial charge in [-0.05, 0) is 33.0 Å². The Hall–Kier alpha value is 0.170. The minimum Gasteiger partial charge on any atom is -0.412 e. The molecule has 0 bridgehead atoms. The molecule has 0 radical (unpaired) electrons. The maximum atomic E-state index is 5.86. The SMILES string of the molecule is CN1CCC(Cl)CC1.N.O. The van der Waals surface area contributed by atoms with Crippen LogP contribution in [0.5, 0.6) is 0 Å². The van der Waals surface area contributed by atoms with Crippen LogP contribution in [0.1, 0.15) is 12.8 Å². The molecule has 10 heavy (non-hydrogen) atoms. The fourth-order valence-corrected chi connectivity index (χ4v) is 1.17. The van der Waals surface area contributed by atoms with Gasteiger partial charge in [-0.25, -0.2) is 0 Å². The smallest absolute Gasteiger partial charge is 0.0360 e. The van der Waals surface area contributed by atoms with E-state index in [2.05, 4.69) is 11.9 Å². The minimum absolute atomic E-state index is 0. The number of hydrogen-bond acceptors (Lipinski definition) is 2.